The highest BCUT2D eigenvalue weighted by molar-refractivity contribution is 5.21. The first-order valence-electron chi connectivity index (χ1n) is 6.90. The molecule has 0 aliphatic carbocycles. The summed E-state index contributed by atoms with van der Waals surface area (Å²) in [5, 5.41) is 3.39. The molecule has 0 saturated carbocycles. The van der Waals surface area contributed by atoms with Crippen LogP contribution < -0.4 is 5.32 Å². The number of likely N-dealkylation sites (N-methyl/N-ethyl adjacent to an activating group) is 1. The summed E-state index contributed by atoms with van der Waals surface area (Å²) in [5.41, 5.74) is 3.89. The van der Waals surface area contributed by atoms with E-state index in [1.165, 1.54) is 11.1 Å². The Labute approximate surface area is 115 Å². The number of benzene rings is 1. The summed E-state index contributed by atoms with van der Waals surface area (Å²) in [6.45, 7) is 2.13. The van der Waals surface area contributed by atoms with Gasteiger partial charge in [-0.05, 0) is 44.5 Å². The molecule has 1 aromatic carbocycles. The van der Waals surface area contributed by atoms with Crippen molar-refractivity contribution in [3.8, 4) is 0 Å². The fourth-order valence-corrected chi connectivity index (χ4v) is 2.22. The van der Waals surface area contributed by atoms with Crippen molar-refractivity contribution in [3.63, 3.8) is 0 Å². The second-order valence-electron chi connectivity index (χ2n) is 5.04. The topological polar surface area (TPSA) is 24.9 Å². The third-order valence-electron chi connectivity index (χ3n) is 3.49. The molecule has 0 radical (unpaired) electrons. The molecule has 0 spiro atoms. The molecule has 1 N–H and O–H groups in total. The number of aromatic nitrogens is 1. The Morgan fingerprint density at radius 3 is 2.53 bits per heavy atom. The zero-order valence-corrected chi connectivity index (χ0v) is 11.8. The van der Waals surface area contributed by atoms with E-state index in [-0.39, 0.29) is 0 Å². The number of nitrogens with zero attached hydrogens (tertiary/aromatic N) is 1. The van der Waals surface area contributed by atoms with E-state index < -0.39 is 0 Å². The molecule has 0 bridgehead atoms. The number of hydrogen-bond acceptors (Lipinski definition) is 2. The molecule has 2 aromatic rings. The van der Waals surface area contributed by atoms with Crippen LogP contribution in [0.5, 0.6) is 0 Å². The van der Waals surface area contributed by atoms with Gasteiger partial charge in [0.2, 0.25) is 0 Å². The molecule has 0 aliphatic rings. The Balaban J connectivity index is 1.87. The number of pyridine rings is 1. The van der Waals surface area contributed by atoms with Crippen LogP contribution in [0.2, 0.25) is 0 Å². The summed E-state index contributed by atoms with van der Waals surface area (Å²) >= 11 is 0. The molecule has 0 saturated heterocycles. The summed E-state index contributed by atoms with van der Waals surface area (Å²) in [4.78, 5) is 4.39. The van der Waals surface area contributed by atoms with Gasteiger partial charge in [-0.2, -0.15) is 0 Å². The van der Waals surface area contributed by atoms with E-state index in [1.807, 2.05) is 19.3 Å². The van der Waals surface area contributed by atoms with Gasteiger partial charge in [0.25, 0.3) is 0 Å². The van der Waals surface area contributed by atoms with Crippen LogP contribution in [0, 0.1) is 6.92 Å². The fourth-order valence-electron chi connectivity index (χ4n) is 2.22. The predicted octanol–water partition coefficient (Wildman–Crippen LogP) is 3.15. The van der Waals surface area contributed by atoms with Gasteiger partial charge in [0, 0.05) is 24.4 Å². The van der Waals surface area contributed by atoms with Crippen LogP contribution in [0.25, 0.3) is 0 Å². The van der Waals surface area contributed by atoms with E-state index in [0.717, 1.165) is 25.0 Å². The van der Waals surface area contributed by atoms with Gasteiger partial charge < -0.3 is 5.32 Å². The number of nitrogens with one attached hydrogen (secondary N) is 1. The highest BCUT2D eigenvalue weighted by atomic mass is 14.9. The molecule has 1 heterocycles. The van der Waals surface area contributed by atoms with Crippen molar-refractivity contribution < 1.29 is 0 Å². The van der Waals surface area contributed by atoms with Crippen molar-refractivity contribution in [1.82, 2.24) is 10.3 Å². The van der Waals surface area contributed by atoms with Gasteiger partial charge in [-0.3, -0.25) is 4.98 Å². The minimum atomic E-state index is 0.483. The predicted molar refractivity (Wildman–Crippen MR) is 80.3 cm³/mol. The number of rotatable bonds is 6. The molecule has 2 nitrogen and oxygen atoms in total. The van der Waals surface area contributed by atoms with Crippen LogP contribution >= 0.6 is 0 Å². The van der Waals surface area contributed by atoms with Crippen molar-refractivity contribution in [3.05, 3.63) is 65.5 Å². The molecule has 1 aromatic heterocycles. The standard InChI is InChI=1S/C17H22N2/c1-14-6-8-15(9-7-14)10-11-16(18-2)13-17-5-3-4-12-19-17/h3-9,12,16,18H,10-11,13H2,1-2H3. The minimum Gasteiger partial charge on any atom is -0.317 e. The second-order valence-corrected chi connectivity index (χ2v) is 5.04. The van der Waals surface area contributed by atoms with E-state index in [4.69, 9.17) is 0 Å². The average Bonchev–Trinajstić information content (AvgIpc) is 2.46. The van der Waals surface area contributed by atoms with Crippen molar-refractivity contribution in [2.75, 3.05) is 7.05 Å². The summed E-state index contributed by atoms with van der Waals surface area (Å²) in [6, 6.07) is 15.4. The maximum Gasteiger partial charge on any atom is 0.0419 e. The highest BCUT2D eigenvalue weighted by Crippen LogP contribution is 2.10. The Kier molecular flexibility index (Phi) is 5.10. The van der Waals surface area contributed by atoms with Crippen molar-refractivity contribution in [2.24, 2.45) is 0 Å². The zero-order valence-electron chi connectivity index (χ0n) is 11.8. The molecule has 0 amide bonds. The summed E-state index contributed by atoms with van der Waals surface area (Å²) < 4.78 is 0. The van der Waals surface area contributed by atoms with E-state index in [9.17, 15) is 0 Å². The minimum absolute atomic E-state index is 0.483. The Morgan fingerprint density at radius 1 is 1.11 bits per heavy atom. The lowest BCUT2D eigenvalue weighted by Gasteiger charge is -2.15. The van der Waals surface area contributed by atoms with Crippen LogP contribution in [0.1, 0.15) is 23.2 Å². The van der Waals surface area contributed by atoms with E-state index in [1.54, 1.807) is 0 Å². The second kappa shape index (κ2) is 7.05. The summed E-state index contributed by atoms with van der Waals surface area (Å²) in [7, 11) is 2.03. The molecule has 1 unspecified atom stereocenters. The lowest BCUT2D eigenvalue weighted by atomic mass is 10.0. The van der Waals surface area contributed by atoms with Crippen LogP contribution in [0.15, 0.2) is 48.7 Å². The van der Waals surface area contributed by atoms with Crippen molar-refractivity contribution in [1.29, 1.82) is 0 Å². The zero-order chi connectivity index (χ0) is 13.5. The first-order valence-corrected chi connectivity index (χ1v) is 6.90. The lowest BCUT2D eigenvalue weighted by molar-refractivity contribution is 0.515. The van der Waals surface area contributed by atoms with Crippen LogP contribution in [-0.2, 0) is 12.8 Å². The summed E-state index contributed by atoms with van der Waals surface area (Å²) in [6.07, 6.45) is 5.10. The van der Waals surface area contributed by atoms with Gasteiger partial charge in [-0.15, -0.1) is 0 Å². The van der Waals surface area contributed by atoms with E-state index >= 15 is 0 Å². The van der Waals surface area contributed by atoms with E-state index in [2.05, 4.69) is 53.6 Å². The largest absolute Gasteiger partial charge is 0.317 e. The Hall–Kier alpha value is -1.67. The molecule has 0 aliphatic heterocycles. The first kappa shape index (κ1) is 13.8. The Morgan fingerprint density at radius 2 is 1.89 bits per heavy atom. The number of hydrogen-bond donors (Lipinski definition) is 1. The third kappa shape index (κ3) is 4.49. The van der Waals surface area contributed by atoms with Crippen LogP contribution in [0.3, 0.4) is 0 Å². The van der Waals surface area contributed by atoms with Gasteiger partial charge in [-0.25, -0.2) is 0 Å². The number of aryl methyl sites for hydroxylation is 2. The van der Waals surface area contributed by atoms with E-state index in [0.29, 0.717) is 6.04 Å². The monoisotopic (exact) mass is 254 g/mol. The molecular formula is C17H22N2. The molecule has 0 fully saturated rings. The van der Waals surface area contributed by atoms with Gasteiger partial charge in [0.1, 0.15) is 0 Å². The first-order chi connectivity index (χ1) is 9.28. The lowest BCUT2D eigenvalue weighted by Crippen LogP contribution is -2.28. The van der Waals surface area contributed by atoms with Crippen LogP contribution in [-0.4, -0.2) is 18.1 Å². The quantitative estimate of drug-likeness (QED) is 0.856. The normalized spacial score (nSPS) is 12.3. The van der Waals surface area contributed by atoms with Crippen LogP contribution in [0.4, 0.5) is 0 Å². The molecule has 100 valence electrons. The molecule has 19 heavy (non-hydrogen) atoms. The van der Waals surface area contributed by atoms with Crippen molar-refractivity contribution >= 4 is 0 Å². The fraction of sp³-hybridized carbons (Fsp3) is 0.353. The van der Waals surface area contributed by atoms with Gasteiger partial charge in [-0.1, -0.05) is 35.9 Å². The maximum absolute atomic E-state index is 4.39. The average molecular weight is 254 g/mol. The SMILES string of the molecule is CNC(CCc1ccc(C)cc1)Cc1ccccn1. The van der Waals surface area contributed by atoms with Crippen molar-refractivity contribution in [2.45, 2.75) is 32.2 Å². The molecular weight excluding hydrogens is 232 g/mol. The Bertz CT molecular complexity index is 476. The summed E-state index contributed by atoms with van der Waals surface area (Å²) in [5.74, 6) is 0. The maximum atomic E-state index is 4.39. The molecule has 2 rings (SSSR count). The van der Waals surface area contributed by atoms with Gasteiger partial charge in [0.15, 0.2) is 0 Å². The van der Waals surface area contributed by atoms with Gasteiger partial charge in [0.05, 0.1) is 0 Å². The third-order valence-corrected chi connectivity index (χ3v) is 3.49. The molecule has 1 atom stereocenters. The smallest absolute Gasteiger partial charge is 0.0419 e. The molecule has 2 heteroatoms. The highest BCUT2D eigenvalue weighted by Gasteiger charge is 2.08. The van der Waals surface area contributed by atoms with Gasteiger partial charge >= 0.3 is 0 Å².